The average Bonchev–Trinajstić information content (AvgIpc) is 3.11. The molecule has 1 fully saturated rings. The highest BCUT2D eigenvalue weighted by Gasteiger charge is 2.40. The van der Waals surface area contributed by atoms with E-state index in [-0.39, 0.29) is 18.6 Å². The zero-order valence-corrected chi connectivity index (χ0v) is 11.4. The SMILES string of the molecule is CO[C@H]1C[C@@H](C(=O)O)N(C(=O)c2ccc3cn[nH]c3c2)C1. The van der Waals surface area contributed by atoms with Gasteiger partial charge in [0.1, 0.15) is 6.04 Å². The number of carboxylic acid groups (broad SMARTS) is 1. The summed E-state index contributed by atoms with van der Waals surface area (Å²) in [6.45, 7) is 0.285. The van der Waals surface area contributed by atoms with E-state index in [4.69, 9.17) is 4.74 Å². The van der Waals surface area contributed by atoms with Crippen LogP contribution in [0.1, 0.15) is 16.8 Å². The Labute approximate surface area is 120 Å². The van der Waals surface area contributed by atoms with Gasteiger partial charge in [-0.1, -0.05) is 6.07 Å². The molecule has 1 aliphatic heterocycles. The van der Waals surface area contributed by atoms with Gasteiger partial charge in [0.15, 0.2) is 0 Å². The van der Waals surface area contributed by atoms with Crippen LogP contribution in [0.2, 0.25) is 0 Å². The minimum Gasteiger partial charge on any atom is -0.480 e. The Morgan fingerprint density at radius 3 is 3.00 bits per heavy atom. The fraction of sp³-hybridized carbons (Fsp3) is 0.357. The van der Waals surface area contributed by atoms with Gasteiger partial charge >= 0.3 is 5.97 Å². The van der Waals surface area contributed by atoms with Crippen LogP contribution in [0.4, 0.5) is 0 Å². The minimum atomic E-state index is -1.01. The number of carbonyl (C=O) groups is 2. The van der Waals surface area contributed by atoms with E-state index in [2.05, 4.69) is 10.2 Å². The van der Waals surface area contributed by atoms with Crippen LogP contribution in [-0.2, 0) is 9.53 Å². The molecule has 7 heteroatoms. The molecule has 2 aromatic rings. The number of H-pyrrole nitrogens is 1. The topological polar surface area (TPSA) is 95.5 Å². The van der Waals surface area contributed by atoms with Crippen molar-refractivity contribution in [1.29, 1.82) is 0 Å². The summed E-state index contributed by atoms with van der Waals surface area (Å²) in [4.78, 5) is 25.2. The molecule has 2 atom stereocenters. The first kappa shape index (κ1) is 13.6. The summed E-state index contributed by atoms with van der Waals surface area (Å²) in [6.07, 6.45) is 1.73. The molecule has 1 aromatic carbocycles. The number of ether oxygens (including phenoxy) is 1. The fourth-order valence-corrected chi connectivity index (χ4v) is 2.66. The van der Waals surface area contributed by atoms with Crippen molar-refractivity contribution in [3.63, 3.8) is 0 Å². The Morgan fingerprint density at radius 2 is 2.29 bits per heavy atom. The van der Waals surface area contributed by atoms with Crippen molar-refractivity contribution in [2.75, 3.05) is 13.7 Å². The summed E-state index contributed by atoms with van der Waals surface area (Å²) in [7, 11) is 1.52. The Morgan fingerprint density at radius 1 is 1.48 bits per heavy atom. The van der Waals surface area contributed by atoms with Crippen LogP contribution in [-0.4, -0.2) is 57.9 Å². The maximum absolute atomic E-state index is 12.6. The second kappa shape index (κ2) is 5.17. The highest BCUT2D eigenvalue weighted by molar-refractivity contribution is 5.99. The molecule has 2 N–H and O–H groups in total. The minimum absolute atomic E-state index is 0.245. The third-order valence-corrected chi connectivity index (χ3v) is 3.83. The summed E-state index contributed by atoms with van der Waals surface area (Å²) < 4.78 is 5.19. The first-order chi connectivity index (χ1) is 10.1. The molecule has 0 aliphatic carbocycles. The van der Waals surface area contributed by atoms with Gasteiger partial charge in [-0.3, -0.25) is 9.89 Å². The van der Waals surface area contributed by atoms with Gasteiger partial charge in [-0.25, -0.2) is 4.79 Å². The standard InChI is InChI=1S/C14H15N3O4/c1-21-10-5-12(14(19)20)17(7-10)13(18)8-2-3-9-6-15-16-11(9)4-8/h2-4,6,10,12H,5,7H2,1H3,(H,15,16)(H,19,20)/t10-,12-/m0/s1. The smallest absolute Gasteiger partial charge is 0.326 e. The number of methoxy groups -OCH3 is 1. The molecule has 1 aromatic heterocycles. The van der Waals surface area contributed by atoms with Crippen LogP contribution in [0.25, 0.3) is 10.9 Å². The van der Waals surface area contributed by atoms with Crippen LogP contribution in [0.3, 0.4) is 0 Å². The monoisotopic (exact) mass is 289 g/mol. The van der Waals surface area contributed by atoms with E-state index in [0.717, 1.165) is 10.9 Å². The Kier molecular flexibility index (Phi) is 3.34. The molecule has 110 valence electrons. The van der Waals surface area contributed by atoms with Crippen LogP contribution in [0.15, 0.2) is 24.4 Å². The Bertz CT molecular complexity index is 696. The van der Waals surface area contributed by atoms with Crippen LogP contribution >= 0.6 is 0 Å². The lowest BCUT2D eigenvalue weighted by molar-refractivity contribution is -0.141. The van der Waals surface area contributed by atoms with E-state index < -0.39 is 12.0 Å². The summed E-state index contributed by atoms with van der Waals surface area (Å²) in [5.41, 5.74) is 1.19. The molecular weight excluding hydrogens is 274 g/mol. The number of nitrogens with zero attached hydrogens (tertiary/aromatic N) is 2. The fourth-order valence-electron chi connectivity index (χ4n) is 2.66. The van der Waals surface area contributed by atoms with Gasteiger partial charge in [-0.2, -0.15) is 5.10 Å². The first-order valence-electron chi connectivity index (χ1n) is 6.60. The van der Waals surface area contributed by atoms with Gasteiger partial charge in [0.05, 0.1) is 17.8 Å². The molecule has 1 saturated heterocycles. The van der Waals surface area contributed by atoms with Gasteiger partial charge in [-0.05, 0) is 12.1 Å². The predicted molar refractivity (Wildman–Crippen MR) is 74.0 cm³/mol. The van der Waals surface area contributed by atoms with Gasteiger partial charge < -0.3 is 14.7 Å². The zero-order valence-electron chi connectivity index (χ0n) is 11.4. The number of nitrogens with one attached hydrogen (secondary N) is 1. The van der Waals surface area contributed by atoms with E-state index in [0.29, 0.717) is 12.0 Å². The molecule has 1 aliphatic rings. The largest absolute Gasteiger partial charge is 0.480 e. The number of fused-ring (bicyclic) bond motifs is 1. The highest BCUT2D eigenvalue weighted by Crippen LogP contribution is 2.23. The third-order valence-electron chi connectivity index (χ3n) is 3.83. The lowest BCUT2D eigenvalue weighted by atomic mass is 10.1. The number of carbonyl (C=O) groups excluding carboxylic acids is 1. The molecule has 0 radical (unpaired) electrons. The molecule has 0 saturated carbocycles. The normalized spacial score (nSPS) is 21.9. The van der Waals surface area contributed by atoms with Crippen molar-refractivity contribution in [3.8, 4) is 0 Å². The first-order valence-corrected chi connectivity index (χ1v) is 6.60. The van der Waals surface area contributed by atoms with E-state index >= 15 is 0 Å². The maximum atomic E-state index is 12.6. The molecular formula is C14H15N3O4. The summed E-state index contributed by atoms with van der Waals surface area (Å²) >= 11 is 0. The lowest BCUT2D eigenvalue weighted by Gasteiger charge is -2.21. The number of hydrogen-bond donors (Lipinski definition) is 2. The summed E-state index contributed by atoms with van der Waals surface area (Å²) in [5, 5.41) is 16.9. The number of aliphatic carboxylic acids is 1. The number of carboxylic acids is 1. The van der Waals surface area contributed by atoms with Gasteiger partial charge in [0.25, 0.3) is 5.91 Å². The van der Waals surface area contributed by atoms with E-state index in [1.807, 2.05) is 0 Å². The van der Waals surface area contributed by atoms with Crippen LogP contribution in [0.5, 0.6) is 0 Å². The van der Waals surface area contributed by atoms with Crippen molar-refractivity contribution >= 4 is 22.8 Å². The second-order valence-corrected chi connectivity index (χ2v) is 5.08. The van der Waals surface area contributed by atoms with Gasteiger partial charge in [0, 0.05) is 31.0 Å². The number of amides is 1. The molecule has 21 heavy (non-hydrogen) atoms. The van der Waals surface area contributed by atoms with Crippen molar-refractivity contribution in [2.24, 2.45) is 0 Å². The van der Waals surface area contributed by atoms with Crippen LogP contribution in [0, 0.1) is 0 Å². The lowest BCUT2D eigenvalue weighted by Crippen LogP contribution is -2.40. The van der Waals surface area contributed by atoms with Crippen molar-refractivity contribution in [1.82, 2.24) is 15.1 Å². The van der Waals surface area contributed by atoms with Crippen molar-refractivity contribution in [2.45, 2.75) is 18.6 Å². The number of benzene rings is 1. The molecule has 0 unspecified atom stereocenters. The van der Waals surface area contributed by atoms with Gasteiger partial charge in [0.2, 0.25) is 0 Å². The zero-order chi connectivity index (χ0) is 15.0. The van der Waals surface area contributed by atoms with E-state index in [1.54, 1.807) is 24.4 Å². The molecule has 7 nitrogen and oxygen atoms in total. The molecule has 2 heterocycles. The molecule has 1 amide bonds. The maximum Gasteiger partial charge on any atom is 0.326 e. The van der Waals surface area contributed by atoms with E-state index in [1.165, 1.54) is 12.0 Å². The van der Waals surface area contributed by atoms with Crippen LogP contribution < -0.4 is 0 Å². The number of aromatic amines is 1. The average molecular weight is 289 g/mol. The van der Waals surface area contributed by atoms with Crippen molar-refractivity contribution < 1.29 is 19.4 Å². The second-order valence-electron chi connectivity index (χ2n) is 5.08. The van der Waals surface area contributed by atoms with Gasteiger partial charge in [-0.15, -0.1) is 0 Å². The Balaban J connectivity index is 1.90. The number of hydrogen-bond acceptors (Lipinski definition) is 4. The predicted octanol–water partition coefficient (Wildman–Crippen LogP) is 0.877. The molecule has 0 bridgehead atoms. The highest BCUT2D eigenvalue weighted by atomic mass is 16.5. The number of likely N-dealkylation sites (tertiary alicyclic amines) is 1. The number of rotatable bonds is 3. The molecule has 3 rings (SSSR count). The van der Waals surface area contributed by atoms with Crippen molar-refractivity contribution in [3.05, 3.63) is 30.0 Å². The molecule has 0 spiro atoms. The van der Waals surface area contributed by atoms with E-state index in [9.17, 15) is 14.7 Å². The summed E-state index contributed by atoms with van der Waals surface area (Å²) in [5.74, 6) is -1.32. The quantitative estimate of drug-likeness (QED) is 0.874. The number of aromatic nitrogens is 2. The Hall–Kier alpha value is -2.41. The summed E-state index contributed by atoms with van der Waals surface area (Å²) in [6, 6.07) is 4.30. The third kappa shape index (κ3) is 2.36.